The fourth-order valence-electron chi connectivity index (χ4n) is 3.30. The molecular formula is C26H21BrClN3O5S. The number of nitrogens with zero attached hydrogens (tertiary/aromatic N) is 2. The zero-order chi connectivity index (χ0) is 26.4. The van der Waals surface area contributed by atoms with Gasteiger partial charge in [-0.3, -0.25) is 5.10 Å². The molecule has 0 aliphatic carbocycles. The zero-order valence-electron chi connectivity index (χ0n) is 19.7. The number of hydrogen-bond donors (Lipinski definition) is 2. The summed E-state index contributed by atoms with van der Waals surface area (Å²) < 4.78 is 17.7. The lowest BCUT2D eigenvalue weighted by molar-refractivity contribution is -0.131. The number of H-pyrrole nitrogens is 1. The van der Waals surface area contributed by atoms with Crippen LogP contribution in [0.15, 0.2) is 75.2 Å². The Hall–Kier alpha value is -3.47. The largest absolute Gasteiger partial charge is 0.496 e. The summed E-state index contributed by atoms with van der Waals surface area (Å²) in [6.07, 6.45) is 1.52. The van der Waals surface area contributed by atoms with Gasteiger partial charge in [0.15, 0.2) is 17.3 Å². The minimum absolute atomic E-state index is 0.0224. The molecular weight excluding hydrogens is 582 g/mol. The number of halogens is 2. The Morgan fingerprint density at radius 2 is 1.78 bits per heavy atom. The van der Waals surface area contributed by atoms with E-state index >= 15 is 0 Å². The van der Waals surface area contributed by atoms with Crippen LogP contribution in [0.2, 0.25) is 5.02 Å². The number of carboxylic acid groups (broad SMARTS) is 1. The van der Waals surface area contributed by atoms with Crippen LogP contribution >= 0.6 is 39.3 Å². The van der Waals surface area contributed by atoms with Crippen molar-refractivity contribution < 1.29 is 24.1 Å². The zero-order valence-corrected chi connectivity index (χ0v) is 22.9. The normalized spacial score (nSPS) is 11.3. The van der Waals surface area contributed by atoms with Crippen LogP contribution in [0.1, 0.15) is 11.1 Å². The molecule has 3 aromatic carbocycles. The molecule has 8 nitrogen and oxygen atoms in total. The number of benzene rings is 3. The minimum atomic E-state index is -1.12. The monoisotopic (exact) mass is 601 g/mol. The maximum absolute atomic E-state index is 12.0. The molecule has 0 radical (unpaired) electrons. The van der Waals surface area contributed by atoms with Gasteiger partial charge in [0.2, 0.25) is 5.16 Å². The first kappa shape index (κ1) is 26.6. The van der Waals surface area contributed by atoms with E-state index in [0.29, 0.717) is 45.8 Å². The van der Waals surface area contributed by atoms with Crippen molar-refractivity contribution in [2.24, 2.45) is 0 Å². The highest BCUT2D eigenvalue weighted by Gasteiger charge is 2.17. The number of aromatic nitrogens is 3. The first-order chi connectivity index (χ1) is 17.9. The number of ether oxygens (including phenoxy) is 3. The smallest absolute Gasteiger partial charge is 0.342 e. The minimum Gasteiger partial charge on any atom is -0.496 e. The molecule has 0 amide bonds. The number of methoxy groups -OCH3 is 2. The maximum Gasteiger partial charge on any atom is 0.342 e. The van der Waals surface area contributed by atoms with Crippen LogP contribution in [0, 0.1) is 0 Å². The highest BCUT2D eigenvalue weighted by molar-refractivity contribution is 9.10. The number of carboxylic acids is 1. The summed E-state index contributed by atoms with van der Waals surface area (Å²) in [6, 6.07) is 18.1. The predicted molar refractivity (Wildman–Crippen MR) is 146 cm³/mol. The van der Waals surface area contributed by atoms with Gasteiger partial charge in [0.1, 0.15) is 17.3 Å². The van der Waals surface area contributed by atoms with E-state index in [2.05, 4.69) is 31.1 Å². The van der Waals surface area contributed by atoms with Gasteiger partial charge in [0.05, 0.1) is 19.8 Å². The summed E-state index contributed by atoms with van der Waals surface area (Å²) in [4.78, 5) is 16.4. The van der Waals surface area contributed by atoms with Crippen LogP contribution in [-0.4, -0.2) is 40.5 Å². The number of thioether (sulfide) groups is 1. The molecule has 4 aromatic rings. The van der Waals surface area contributed by atoms with E-state index in [-0.39, 0.29) is 10.1 Å². The number of aromatic amines is 1. The van der Waals surface area contributed by atoms with Crippen LogP contribution in [0.3, 0.4) is 0 Å². The third-order valence-electron chi connectivity index (χ3n) is 5.09. The molecule has 0 fully saturated rings. The molecule has 190 valence electrons. The molecule has 4 rings (SSSR count). The second-order valence-electron chi connectivity index (χ2n) is 7.55. The van der Waals surface area contributed by atoms with Crippen LogP contribution in [0.5, 0.6) is 17.2 Å². The number of rotatable bonds is 10. The van der Waals surface area contributed by atoms with Gasteiger partial charge in [-0.2, -0.15) is 0 Å². The van der Waals surface area contributed by atoms with E-state index in [0.717, 1.165) is 21.8 Å². The summed E-state index contributed by atoms with van der Waals surface area (Å²) >= 11 is 10.4. The van der Waals surface area contributed by atoms with Gasteiger partial charge in [0, 0.05) is 9.50 Å². The van der Waals surface area contributed by atoms with Crippen molar-refractivity contribution in [2.75, 3.05) is 14.2 Å². The van der Waals surface area contributed by atoms with Gasteiger partial charge in [-0.15, -0.1) is 5.10 Å². The molecule has 0 spiro atoms. The fourth-order valence-corrected chi connectivity index (χ4v) is 4.44. The second-order valence-corrected chi connectivity index (χ2v) is 9.91. The number of hydrogen-bond acceptors (Lipinski definition) is 7. The van der Waals surface area contributed by atoms with Gasteiger partial charge in [0.25, 0.3) is 0 Å². The van der Waals surface area contributed by atoms with Crippen LogP contribution in [-0.2, 0) is 11.4 Å². The topological polar surface area (TPSA) is 107 Å². The first-order valence-electron chi connectivity index (χ1n) is 10.8. The van der Waals surface area contributed by atoms with Crippen LogP contribution in [0.25, 0.3) is 17.5 Å². The third-order valence-corrected chi connectivity index (χ3v) is 6.73. The lowest BCUT2D eigenvalue weighted by Crippen LogP contribution is -1.99. The fraction of sp³-hybridized carbons (Fsp3) is 0.115. The molecule has 0 aliphatic heterocycles. The van der Waals surface area contributed by atoms with E-state index in [4.69, 9.17) is 25.8 Å². The molecule has 0 saturated carbocycles. The number of carbonyl (C=O) groups is 1. The Morgan fingerprint density at radius 1 is 1.05 bits per heavy atom. The van der Waals surface area contributed by atoms with Crippen molar-refractivity contribution in [3.8, 4) is 28.6 Å². The average Bonchev–Trinajstić information content (AvgIpc) is 3.36. The van der Waals surface area contributed by atoms with Gasteiger partial charge in [-0.25, -0.2) is 9.78 Å². The quantitative estimate of drug-likeness (QED) is 0.153. The Morgan fingerprint density at radius 3 is 2.49 bits per heavy atom. The Bertz CT molecular complexity index is 1440. The molecule has 0 aliphatic rings. The summed E-state index contributed by atoms with van der Waals surface area (Å²) in [5.41, 5.74) is 2.23. The highest BCUT2D eigenvalue weighted by atomic mass is 79.9. The van der Waals surface area contributed by atoms with E-state index in [1.54, 1.807) is 36.4 Å². The highest BCUT2D eigenvalue weighted by Crippen LogP contribution is 2.34. The molecule has 0 atom stereocenters. The molecule has 1 aromatic heterocycles. The standard InChI is InChI=1S/C26H21BrClN3O5S/c1-34-20-10-8-18(28)13-19(20)24-29-26(31-30-24)37-23(25(32)33)12-16-5-9-21(22(11-16)35-2)36-14-15-3-6-17(27)7-4-15/h3-13H,14H2,1-2H3,(H,32,33)(H,29,30,31)/b23-12-. The van der Waals surface area contributed by atoms with Crippen molar-refractivity contribution in [1.82, 2.24) is 15.2 Å². The first-order valence-corrected chi connectivity index (χ1v) is 12.8. The summed E-state index contributed by atoms with van der Waals surface area (Å²) in [6.45, 7) is 0.361. The molecule has 0 saturated heterocycles. The van der Waals surface area contributed by atoms with E-state index in [9.17, 15) is 9.90 Å². The van der Waals surface area contributed by atoms with Gasteiger partial charge >= 0.3 is 5.97 Å². The third kappa shape index (κ3) is 6.85. The number of aliphatic carboxylic acids is 1. The van der Waals surface area contributed by atoms with E-state index in [1.165, 1.54) is 20.3 Å². The van der Waals surface area contributed by atoms with Gasteiger partial charge in [-0.05, 0) is 71.4 Å². The van der Waals surface area contributed by atoms with Gasteiger partial charge in [-0.1, -0.05) is 45.7 Å². The van der Waals surface area contributed by atoms with Crippen molar-refractivity contribution in [3.05, 3.63) is 86.2 Å². The number of nitrogens with one attached hydrogen (secondary N) is 1. The molecule has 1 heterocycles. The molecule has 11 heteroatoms. The predicted octanol–water partition coefficient (Wildman–Crippen LogP) is 6.70. The summed E-state index contributed by atoms with van der Waals surface area (Å²) in [5, 5.41) is 17.5. The van der Waals surface area contributed by atoms with Crippen molar-refractivity contribution in [2.45, 2.75) is 11.8 Å². The second kappa shape index (κ2) is 12.2. The van der Waals surface area contributed by atoms with E-state index < -0.39 is 5.97 Å². The summed E-state index contributed by atoms with van der Waals surface area (Å²) in [5.74, 6) is 0.863. The van der Waals surface area contributed by atoms with Gasteiger partial charge < -0.3 is 19.3 Å². The Labute approximate surface area is 230 Å². The Kier molecular flexibility index (Phi) is 8.75. The maximum atomic E-state index is 12.0. The molecule has 37 heavy (non-hydrogen) atoms. The molecule has 0 bridgehead atoms. The molecule has 0 unspecified atom stereocenters. The average molecular weight is 603 g/mol. The van der Waals surface area contributed by atoms with E-state index in [1.807, 2.05) is 24.3 Å². The van der Waals surface area contributed by atoms with Crippen molar-refractivity contribution >= 4 is 51.3 Å². The van der Waals surface area contributed by atoms with Crippen LogP contribution < -0.4 is 14.2 Å². The molecule has 2 N–H and O–H groups in total. The summed E-state index contributed by atoms with van der Waals surface area (Å²) in [7, 11) is 3.07. The lowest BCUT2D eigenvalue weighted by Gasteiger charge is -2.12. The SMILES string of the molecule is COc1cc(/C=C(\Sc2n[nH]c(-c3cc(Cl)ccc3OC)n2)C(=O)O)ccc1OCc1ccc(Br)cc1. The van der Waals surface area contributed by atoms with Crippen molar-refractivity contribution in [1.29, 1.82) is 0 Å². The lowest BCUT2D eigenvalue weighted by atomic mass is 10.2. The van der Waals surface area contributed by atoms with Crippen molar-refractivity contribution in [3.63, 3.8) is 0 Å². The Balaban J connectivity index is 1.53. The van der Waals surface area contributed by atoms with Crippen LogP contribution in [0.4, 0.5) is 0 Å².